The molecule has 0 radical (unpaired) electrons. The summed E-state index contributed by atoms with van der Waals surface area (Å²) in [6, 6.07) is 18.3. The highest BCUT2D eigenvalue weighted by atomic mass is 35.5. The molecule has 2 rings (SSSR count). The highest BCUT2D eigenvalue weighted by Crippen LogP contribution is 2.20. The van der Waals surface area contributed by atoms with Gasteiger partial charge in [-0.1, -0.05) is 60.7 Å². The fourth-order valence-electron chi connectivity index (χ4n) is 2.25. The van der Waals surface area contributed by atoms with Crippen LogP contribution in [0.15, 0.2) is 60.7 Å². The van der Waals surface area contributed by atoms with Gasteiger partial charge in [-0.15, -0.1) is 11.6 Å². The predicted octanol–water partition coefficient (Wildman–Crippen LogP) is 4.50. The lowest BCUT2D eigenvalue weighted by atomic mass is 10.2. The zero-order chi connectivity index (χ0) is 20.4. The molecule has 0 aromatic heterocycles. The van der Waals surface area contributed by atoms with Gasteiger partial charge in [0.2, 0.25) is 0 Å². The van der Waals surface area contributed by atoms with Crippen molar-refractivity contribution in [3.05, 3.63) is 71.8 Å². The van der Waals surface area contributed by atoms with E-state index in [1.807, 2.05) is 48.5 Å². The summed E-state index contributed by atoms with van der Waals surface area (Å²) < 4.78 is 53.0. The molecule has 0 spiro atoms. The van der Waals surface area contributed by atoms with Crippen molar-refractivity contribution in [3.8, 4) is 0 Å². The molecule has 28 heavy (non-hydrogen) atoms. The zero-order valence-corrected chi connectivity index (χ0v) is 15.7. The molecule has 4 nitrogen and oxygen atoms in total. The number of hydrogen-bond acceptors (Lipinski definition) is 4. The van der Waals surface area contributed by atoms with Gasteiger partial charge >= 0.3 is 12.1 Å². The molecule has 0 heterocycles. The third kappa shape index (κ3) is 7.88. The van der Waals surface area contributed by atoms with Crippen LogP contribution in [0.5, 0.6) is 0 Å². The molecule has 8 heteroatoms. The van der Waals surface area contributed by atoms with Gasteiger partial charge in [0.15, 0.2) is 0 Å². The maximum Gasteiger partial charge on any atom is 0.490 e. The fourth-order valence-corrected chi connectivity index (χ4v) is 2.47. The van der Waals surface area contributed by atoms with Crippen molar-refractivity contribution in [1.82, 2.24) is 0 Å². The second-order valence-corrected chi connectivity index (χ2v) is 6.52. The summed E-state index contributed by atoms with van der Waals surface area (Å²) in [6.45, 7) is -0.0230. The summed E-state index contributed by atoms with van der Waals surface area (Å²) in [5, 5.41) is -1.01. The van der Waals surface area contributed by atoms with Gasteiger partial charge in [0, 0.05) is 0 Å². The second kappa shape index (κ2) is 11.0. The first-order chi connectivity index (χ1) is 13.4. The van der Waals surface area contributed by atoms with Crippen LogP contribution in [0, 0.1) is 0 Å². The highest BCUT2D eigenvalue weighted by Gasteiger charge is 2.43. The normalized spacial score (nSPS) is 13.7. The van der Waals surface area contributed by atoms with Crippen LogP contribution in [-0.4, -0.2) is 36.8 Å². The molecule has 0 saturated heterocycles. The van der Waals surface area contributed by atoms with Crippen LogP contribution in [-0.2, 0) is 32.2 Å². The maximum atomic E-state index is 12.5. The van der Waals surface area contributed by atoms with Crippen LogP contribution in [0.2, 0.25) is 0 Å². The number of alkyl halides is 4. The number of carbonyl (C=O) groups excluding carboxylic acids is 1. The molecule has 0 fully saturated rings. The standard InChI is InChI=1S/C20H20ClF3O4/c21-17(13-26-11-15-7-3-1-4-8-15)18(28-19(25)20(22,23)24)14-27-12-16-9-5-2-6-10-16/h1-10,17-18H,11-14H2/t17-,18-/m0/s1. The van der Waals surface area contributed by atoms with Crippen LogP contribution >= 0.6 is 11.6 Å². The first-order valence-corrected chi connectivity index (χ1v) is 8.95. The third-order valence-corrected chi connectivity index (χ3v) is 4.08. The minimum Gasteiger partial charge on any atom is -0.452 e. The van der Waals surface area contributed by atoms with E-state index in [4.69, 9.17) is 21.1 Å². The van der Waals surface area contributed by atoms with Crippen molar-refractivity contribution in [2.45, 2.75) is 30.9 Å². The van der Waals surface area contributed by atoms with E-state index in [1.165, 1.54) is 0 Å². The van der Waals surface area contributed by atoms with E-state index in [0.717, 1.165) is 11.1 Å². The van der Waals surface area contributed by atoms with Crippen molar-refractivity contribution < 1.29 is 32.2 Å². The Balaban J connectivity index is 1.88. The van der Waals surface area contributed by atoms with Crippen LogP contribution in [0.25, 0.3) is 0 Å². The van der Waals surface area contributed by atoms with Gasteiger partial charge < -0.3 is 14.2 Å². The molecule has 0 saturated carbocycles. The lowest BCUT2D eigenvalue weighted by Crippen LogP contribution is -2.39. The van der Waals surface area contributed by atoms with Crippen LogP contribution in [0.3, 0.4) is 0 Å². The van der Waals surface area contributed by atoms with Crippen molar-refractivity contribution in [3.63, 3.8) is 0 Å². The number of rotatable bonds is 10. The van der Waals surface area contributed by atoms with Crippen molar-refractivity contribution in [2.24, 2.45) is 0 Å². The van der Waals surface area contributed by atoms with Crippen LogP contribution in [0.4, 0.5) is 13.2 Å². The smallest absolute Gasteiger partial charge is 0.452 e. The lowest BCUT2D eigenvalue weighted by molar-refractivity contribution is -0.207. The zero-order valence-electron chi connectivity index (χ0n) is 14.9. The number of ether oxygens (including phenoxy) is 3. The average Bonchev–Trinajstić information content (AvgIpc) is 2.68. The van der Waals surface area contributed by atoms with Crippen LogP contribution in [0.1, 0.15) is 11.1 Å². The summed E-state index contributed by atoms with van der Waals surface area (Å²) in [5.41, 5.74) is 1.71. The SMILES string of the molecule is O=C(O[C@@H](COCc1ccccc1)[C@@H](Cl)COCc1ccccc1)C(F)(F)F. The summed E-state index contributed by atoms with van der Waals surface area (Å²) in [4.78, 5) is 11.2. The Morgan fingerprint density at radius 1 is 0.857 bits per heavy atom. The highest BCUT2D eigenvalue weighted by molar-refractivity contribution is 6.21. The molecule has 0 N–H and O–H groups in total. The largest absolute Gasteiger partial charge is 0.490 e. The van der Waals surface area contributed by atoms with E-state index in [1.54, 1.807) is 12.1 Å². The van der Waals surface area contributed by atoms with E-state index < -0.39 is 23.6 Å². The van der Waals surface area contributed by atoms with Crippen LogP contribution < -0.4 is 0 Å². The Hall–Kier alpha value is -2.09. The Kier molecular flexibility index (Phi) is 8.76. The summed E-state index contributed by atoms with van der Waals surface area (Å²) >= 11 is 6.14. The van der Waals surface area contributed by atoms with Gasteiger partial charge in [-0.2, -0.15) is 13.2 Å². The van der Waals surface area contributed by atoms with Gasteiger partial charge in [0.25, 0.3) is 0 Å². The van der Waals surface area contributed by atoms with Crippen molar-refractivity contribution in [2.75, 3.05) is 13.2 Å². The molecule has 0 amide bonds. The molecule has 2 aromatic carbocycles. The van der Waals surface area contributed by atoms with E-state index in [9.17, 15) is 18.0 Å². The van der Waals surface area contributed by atoms with Gasteiger partial charge in [0.05, 0.1) is 31.8 Å². The molecule has 0 aliphatic heterocycles. The van der Waals surface area contributed by atoms with Gasteiger partial charge in [-0.05, 0) is 11.1 Å². The van der Waals surface area contributed by atoms with E-state index >= 15 is 0 Å². The summed E-state index contributed by atoms with van der Waals surface area (Å²) in [5.74, 6) is -2.31. The van der Waals surface area contributed by atoms with Gasteiger partial charge in [0.1, 0.15) is 6.10 Å². The molecule has 0 bridgehead atoms. The Bertz CT molecular complexity index is 710. The summed E-state index contributed by atoms with van der Waals surface area (Å²) in [7, 11) is 0. The molecular formula is C20H20ClF3O4. The van der Waals surface area contributed by atoms with E-state index in [-0.39, 0.29) is 26.4 Å². The molecular weight excluding hydrogens is 397 g/mol. The molecule has 2 atom stereocenters. The number of carbonyl (C=O) groups is 1. The number of esters is 1. The van der Waals surface area contributed by atoms with E-state index in [0.29, 0.717) is 0 Å². The molecule has 0 unspecified atom stereocenters. The molecule has 2 aromatic rings. The third-order valence-electron chi connectivity index (χ3n) is 3.68. The summed E-state index contributed by atoms with van der Waals surface area (Å²) in [6.07, 6.45) is -6.42. The second-order valence-electron chi connectivity index (χ2n) is 5.96. The Morgan fingerprint density at radius 3 is 1.79 bits per heavy atom. The Morgan fingerprint density at radius 2 is 1.32 bits per heavy atom. The first kappa shape index (κ1) is 22.2. The average molecular weight is 417 g/mol. The van der Waals surface area contributed by atoms with Crippen molar-refractivity contribution in [1.29, 1.82) is 0 Å². The maximum absolute atomic E-state index is 12.5. The van der Waals surface area contributed by atoms with Gasteiger partial charge in [-0.3, -0.25) is 0 Å². The monoisotopic (exact) mass is 416 g/mol. The quantitative estimate of drug-likeness (QED) is 0.422. The number of hydrogen-bond donors (Lipinski definition) is 0. The number of halogens is 4. The molecule has 0 aliphatic rings. The minimum absolute atomic E-state index is 0.110. The van der Waals surface area contributed by atoms with E-state index in [2.05, 4.69) is 4.74 Å². The molecule has 0 aliphatic carbocycles. The first-order valence-electron chi connectivity index (χ1n) is 8.51. The fraction of sp³-hybridized carbons (Fsp3) is 0.350. The predicted molar refractivity (Wildman–Crippen MR) is 97.8 cm³/mol. The van der Waals surface area contributed by atoms with Gasteiger partial charge in [-0.25, -0.2) is 4.79 Å². The molecule has 152 valence electrons. The topological polar surface area (TPSA) is 44.8 Å². The number of benzene rings is 2. The lowest BCUT2D eigenvalue weighted by Gasteiger charge is -2.23. The Labute approximate surface area is 166 Å². The van der Waals surface area contributed by atoms with Crippen molar-refractivity contribution >= 4 is 17.6 Å². The minimum atomic E-state index is -5.11.